The standard InChI is InChI=1S/2C22H25.C2H7Si.Zr/c1-15(2)18-13-17-7-6-8-20(21(17)14-18)16-9-11-19(12-10-16)22(3,4)5;1-6-16-13-18-11-15(2)12-20(21(18)14-16)17-7-9-19(10-8-17)22(3,4)5;1-3-2;/h6-15H,1-5H3;7-14H,6H2,1-5H3;3H,1-2H3;. The first-order chi connectivity index (χ1) is 22.6. The quantitative estimate of drug-likeness (QED) is 0.166. The van der Waals surface area contributed by atoms with Crippen molar-refractivity contribution in [1.82, 2.24) is 0 Å². The van der Waals surface area contributed by atoms with Crippen molar-refractivity contribution in [2.75, 3.05) is 0 Å². The number of allylic oxidation sites excluding steroid dienone is 2. The van der Waals surface area contributed by atoms with Crippen molar-refractivity contribution in [3.63, 3.8) is 0 Å². The molecule has 2 atom stereocenters. The molecule has 0 saturated heterocycles. The van der Waals surface area contributed by atoms with E-state index in [1.54, 1.807) is 22.3 Å². The molecule has 2 aliphatic carbocycles. The fourth-order valence-corrected chi connectivity index (χ4v) is 31.5. The van der Waals surface area contributed by atoms with E-state index in [0.29, 0.717) is 13.2 Å². The summed E-state index contributed by atoms with van der Waals surface area (Å²) < 4.78 is 1.29. The number of hydrogen-bond donors (Lipinski definition) is 0. The summed E-state index contributed by atoms with van der Waals surface area (Å²) in [6.45, 7) is 28.9. The van der Waals surface area contributed by atoms with Gasteiger partial charge >= 0.3 is 303 Å². The molecule has 4 aromatic rings. The molecule has 0 saturated carbocycles. The van der Waals surface area contributed by atoms with Gasteiger partial charge in [0.2, 0.25) is 0 Å². The van der Waals surface area contributed by atoms with Crippen molar-refractivity contribution < 1.29 is 20.9 Å². The second-order valence-corrected chi connectivity index (χ2v) is 37.2. The summed E-state index contributed by atoms with van der Waals surface area (Å²) in [5.74, 6) is -0.426. The molecule has 2 aliphatic rings. The van der Waals surface area contributed by atoms with Crippen molar-refractivity contribution in [3.05, 3.63) is 129 Å². The molecule has 249 valence electrons. The fourth-order valence-electron chi connectivity index (χ4n) is 8.31. The Kier molecular flexibility index (Phi) is 9.78. The van der Waals surface area contributed by atoms with E-state index in [1.165, 1.54) is 50.1 Å². The van der Waals surface area contributed by atoms with Crippen LogP contribution in [-0.2, 0) is 31.7 Å². The normalized spacial score (nSPS) is 17.5. The van der Waals surface area contributed by atoms with Gasteiger partial charge in [-0.3, -0.25) is 0 Å². The van der Waals surface area contributed by atoms with E-state index in [0.717, 1.165) is 6.42 Å². The molecule has 0 fully saturated rings. The van der Waals surface area contributed by atoms with Gasteiger partial charge in [0.25, 0.3) is 0 Å². The molecule has 0 aromatic heterocycles. The summed E-state index contributed by atoms with van der Waals surface area (Å²) in [6, 6.07) is 31.2. The first-order valence-electron chi connectivity index (χ1n) is 18.4. The molecule has 0 aliphatic heterocycles. The summed E-state index contributed by atoms with van der Waals surface area (Å²) in [6.07, 6.45) is 6.44. The van der Waals surface area contributed by atoms with Crippen LogP contribution in [-0.4, -0.2) is 5.92 Å². The molecule has 0 spiro atoms. The average molecular weight is 729 g/mol. The van der Waals surface area contributed by atoms with Crippen LogP contribution in [0.1, 0.15) is 115 Å². The molecule has 0 radical (unpaired) electrons. The van der Waals surface area contributed by atoms with Crippen molar-refractivity contribution in [2.45, 2.75) is 107 Å². The molecule has 0 N–H and O–H groups in total. The Labute approximate surface area is 301 Å². The predicted molar refractivity (Wildman–Crippen MR) is 211 cm³/mol. The van der Waals surface area contributed by atoms with Crippen molar-refractivity contribution in [2.24, 2.45) is 5.92 Å². The van der Waals surface area contributed by atoms with Gasteiger partial charge in [0, 0.05) is 0 Å². The summed E-state index contributed by atoms with van der Waals surface area (Å²) in [4.78, 5) is 0. The van der Waals surface area contributed by atoms with Gasteiger partial charge in [-0.15, -0.1) is 0 Å². The Morgan fingerprint density at radius 2 is 1.21 bits per heavy atom. The van der Waals surface area contributed by atoms with Crippen LogP contribution in [0, 0.1) is 12.8 Å². The topological polar surface area (TPSA) is 0 Å². The van der Waals surface area contributed by atoms with E-state index in [1.807, 2.05) is 0 Å². The van der Waals surface area contributed by atoms with Gasteiger partial charge in [-0.2, -0.15) is 0 Å². The SMILES string of the molecule is CCC1=Cc2c(-c3ccc(C(C)(C)C)cc3)cc(C)cc2[CH]1[Zr]([CH]1C(C(C)C)=Cc2c(-c3ccc(C(C)(C)C)cc3)cccc21)[SiH](C)C. The number of aryl methyl sites for hydroxylation is 1. The molecule has 2 heteroatoms. The molecule has 4 aromatic carbocycles. The number of fused-ring (bicyclic) bond motifs is 2. The fraction of sp³-hybridized carbons (Fsp3) is 0.391. The summed E-state index contributed by atoms with van der Waals surface area (Å²) >= 11 is -2.21. The van der Waals surface area contributed by atoms with Crippen LogP contribution < -0.4 is 0 Å². The van der Waals surface area contributed by atoms with E-state index in [-0.39, 0.29) is 10.8 Å². The maximum absolute atomic E-state index is 2.70. The van der Waals surface area contributed by atoms with E-state index in [9.17, 15) is 0 Å². The Morgan fingerprint density at radius 1 is 0.667 bits per heavy atom. The van der Waals surface area contributed by atoms with E-state index in [4.69, 9.17) is 0 Å². The maximum atomic E-state index is 2.70. The number of rotatable bonds is 7. The van der Waals surface area contributed by atoms with Crippen molar-refractivity contribution >= 4 is 18.1 Å². The molecule has 0 nitrogen and oxygen atoms in total. The second-order valence-electron chi connectivity index (χ2n) is 17.2. The minimum atomic E-state index is -2.21. The predicted octanol–water partition coefficient (Wildman–Crippen LogP) is 13.2. The van der Waals surface area contributed by atoms with Crippen LogP contribution in [0.2, 0.25) is 13.1 Å². The molecular formula is C46H57SiZr. The number of benzene rings is 4. The molecule has 0 amide bonds. The Balaban J connectivity index is 1.48. The summed E-state index contributed by atoms with van der Waals surface area (Å²) in [7, 11) is 0. The van der Waals surface area contributed by atoms with Crippen LogP contribution in [0.3, 0.4) is 0 Å². The van der Waals surface area contributed by atoms with Gasteiger partial charge in [-0.05, 0) is 0 Å². The first-order valence-corrected chi connectivity index (χ1v) is 28.4. The van der Waals surface area contributed by atoms with Crippen LogP contribution in [0.5, 0.6) is 0 Å². The van der Waals surface area contributed by atoms with Crippen LogP contribution >= 0.6 is 0 Å². The molecular weight excluding hydrogens is 672 g/mol. The Hall–Kier alpha value is -2.54. The molecule has 2 unspecified atom stereocenters. The third-order valence-electron chi connectivity index (χ3n) is 11.0. The zero-order valence-electron chi connectivity index (χ0n) is 31.7. The third-order valence-corrected chi connectivity index (χ3v) is 32.6. The monoisotopic (exact) mass is 727 g/mol. The average Bonchev–Trinajstić information content (AvgIpc) is 3.59. The van der Waals surface area contributed by atoms with Crippen LogP contribution in [0.15, 0.2) is 90.0 Å². The third kappa shape index (κ3) is 6.54. The minimum absolute atomic E-state index is 0.158. The van der Waals surface area contributed by atoms with Crippen molar-refractivity contribution in [3.8, 4) is 22.3 Å². The summed E-state index contributed by atoms with van der Waals surface area (Å²) in [5, 5.41) is 0. The summed E-state index contributed by atoms with van der Waals surface area (Å²) in [5.41, 5.74) is 19.8. The number of hydrogen-bond acceptors (Lipinski definition) is 0. The van der Waals surface area contributed by atoms with E-state index >= 15 is 0 Å². The Bertz CT molecular complexity index is 1870. The second kappa shape index (κ2) is 13.3. The molecule has 6 rings (SSSR count). The van der Waals surface area contributed by atoms with Gasteiger partial charge in [0.15, 0.2) is 0 Å². The first kappa shape index (κ1) is 35.3. The molecule has 0 bridgehead atoms. The molecule has 48 heavy (non-hydrogen) atoms. The zero-order valence-corrected chi connectivity index (χ0v) is 35.3. The van der Waals surface area contributed by atoms with E-state index < -0.39 is 26.8 Å². The van der Waals surface area contributed by atoms with Gasteiger partial charge < -0.3 is 0 Å². The van der Waals surface area contributed by atoms with Gasteiger partial charge in [0.05, 0.1) is 0 Å². The Morgan fingerprint density at radius 3 is 1.71 bits per heavy atom. The zero-order chi connectivity index (χ0) is 34.7. The van der Waals surface area contributed by atoms with Crippen LogP contribution in [0.25, 0.3) is 34.4 Å². The van der Waals surface area contributed by atoms with Crippen molar-refractivity contribution in [1.29, 1.82) is 0 Å². The van der Waals surface area contributed by atoms with Gasteiger partial charge in [-0.25, -0.2) is 0 Å². The van der Waals surface area contributed by atoms with E-state index in [2.05, 4.69) is 173 Å². The van der Waals surface area contributed by atoms with Crippen LogP contribution in [0.4, 0.5) is 0 Å². The van der Waals surface area contributed by atoms with Gasteiger partial charge in [0.1, 0.15) is 0 Å². The molecule has 0 heterocycles. The van der Waals surface area contributed by atoms with Gasteiger partial charge in [-0.1, -0.05) is 0 Å².